The lowest BCUT2D eigenvalue weighted by Crippen LogP contribution is -2.34. The van der Waals surface area contributed by atoms with E-state index in [0.29, 0.717) is 5.38 Å². The van der Waals surface area contributed by atoms with Crippen molar-refractivity contribution < 1.29 is 0 Å². The fourth-order valence-electron chi connectivity index (χ4n) is 2.56. The van der Waals surface area contributed by atoms with E-state index in [0.717, 1.165) is 54.7 Å². The first-order valence-electron chi connectivity index (χ1n) is 6.54. The quantitative estimate of drug-likeness (QED) is 0.777. The molecule has 2 rings (SSSR count). The number of halogens is 2. The molecule has 1 aliphatic carbocycles. The molecule has 0 aliphatic heterocycles. The van der Waals surface area contributed by atoms with Crippen molar-refractivity contribution in [1.82, 2.24) is 14.7 Å². The largest absolute Gasteiger partial charge is 0.300 e. The molecule has 1 aliphatic rings. The number of alkyl halides is 1. The summed E-state index contributed by atoms with van der Waals surface area (Å²) in [6.07, 6.45) is 3.17. The van der Waals surface area contributed by atoms with E-state index in [1.807, 2.05) is 11.7 Å². The molecule has 1 aromatic heterocycles. The van der Waals surface area contributed by atoms with E-state index >= 15 is 0 Å². The van der Waals surface area contributed by atoms with Crippen LogP contribution in [0.3, 0.4) is 0 Å². The van der Waals surface area contributed by atoms with Gasteiger partial charge >= 0.3 is 0 Å². The highest BCUT2D eigenvalue weighted by Gasteiger charge is 2.28. The van der Waals surface area contributed by atoms with Gasteiger partial charge in [-0.2, -0.15) is 5.10 Å². The topological polar surface area (TPSA) is 21.1 Å². The number of aryl methyl sites for hydroxylation is 2. The number of aromatic nitrogens is 2. The van der Waals surface area contributed by atoms with Gasteiger partial charge in [-0.3, -0.25) is 4.68 Å². The molecule has 0 unspecified atom stereocenters. The van der Waals surface area contributed by atoms with Crippen LogP contribution in [0.2, 0.25) is 5.02 Å². The van der Waals surface area contributed by atoms with Crippen molar-refractivity contribution in [3.8, 4) is 0 Å². The first-order chi connectivity index (χ1) is 8.51. The molecule has 1 fully saturated rings. The summed E-state index contributed by atoms with van der Waals surface area (Å²) in [6.45, 7) is 4.02. The third kappa shape index (κ3) is 3.01. The maximum Gasteiger partial charge on any atom is 0.0863 e. The van der Waals surface area contributed by atoms with Gasteiger partial charge in [0.2, 0.25) is 0 Å². The molecule has 1 heterocycles. The molecule has 0 bridgehead atoms. The summed E-state index contributed by atoms with van der Waals surface area (Å²) < 4.78 is 1.91. The van der Waals surface area contributed by atoms with Gasteiger partial charge in [0.1, 0.15) is 0 Å². The van der Waals surface area contributed by atoms with Gasteiger partial charge in [0.15, 0.2) is 0 Å². The third-order valence-corrected chi connectivity index (χ3v) is 4.46. The molecule has 0 saturated heterocycles. The van der Waals surface area contributed by atoms with E-state index < -0.39 is 0 Å². The fraction of sp³-hybridized carbons (Fsp3) is 0.769. The van der Waals surface area contributed by atoms with Crippen LogP contribution >= 0.6 is 23.2 Å². The Labute approximate surface area is 119 Å². The van der Waals surface area contributed by atoms with Crippen molar-refractivity contribution in [3.63, 3.8) is 0 Å². The highest BCUT2D eigenvalue weighted by molar-refractivity contribution is 6.31. The van der Waals surface area contributed by atoms with Gasteiger partial charge in [0.25, 0.3) is 0 Å². The molecule has 3 nitrogen and oxygen atoms in total. The lowest BCUT2D eigenvalue weighted by atomic mass is 9.84. The minimum absolute atomic E-state index is 0.399. The van der Waals surface area contributed by atoms with Crippen molar-refractivity contribution in [2.75, 3.05) is 13.6 Å². The average molecular weight is 290 g/mol. The van der Waals surface area contributed by atoms with Gasteiger partial charge in [0, 0.05) is 25.5 Å². The van der Waals surface area contributed by atoms with Crippen LogP contribution < -0.4 is 0 Å². The van der Waals surface area contributed by atoms with Gasteiger partial charge in [-0.15, -0.1) is 11.6 Å². The maximum absolute atomic E-state index is 6.35. The van der Waals surface area contributed by atoms with E-state index in [9.17, 15) is 0 Å². The van der Waals surface area contributed by atoms with Gasteiger partial charge < -0.3 is 4.90 Å². The zero-order valence-electron chi connectivity index (χ0n) is 11.3. The molecule has 0 radical (unpaired) electrons. The van der Waals surface area contributed by atoms with Crippen LogP contribution in [0.4, 0.5) is 0 Å². The Bertz CT molecular complexity index is 411. The van der Waals surface area contributed by atoms with E-state index in [1.165, 1.54) is 0 Å². The van der Waals surface area contributed by atoms with Crippen molar-refractivity contribution >= 4 is 23.2 Å². The van der Waals surface area contributed by atoms with Crippen molar-refractivity contribution in [3.05, 3.63) is 16.4 Å². The Hall–Kier alpha value is -0.250. The monoisotopic (exact) mass is 289 g/mol. The molecular weight excluding hydrogens is 269 g/mol. The van der Waals surface area contributed by atoms with Gasteiger partial charge in [0.05, 0.1) is 16.4 Å². The molecule has 0 spiro atoms. The Morgan fingerprint density at radius 3 is 2.61 bits per heavy atom. The SMILES string of the molecule is CCc1nn(C)c(CN(C)CC2CC(Cl)C2)c1Cl. The van der Waals surface area contributed by atoms with Gasteiger partial charge in [-0.1, -0.05) is 18.5 Å². The van der Waals surface area contributed by atoms with E-state index in [4.69, 9.17) is 23.2 Å². The number of rotatable bonds is 5. The first-order valence-corrected chi connectivity index (χ1v) is 7.35. The molecule has 0 amide bonds. The van der Waals surface area contributed by atoms with Gasteiger partial charge in [-0.05, 0) is 32.2 Å². The molecule has 1 aromatic rings. The highest BCUT2D eigenvalue weighted by Crippen LogP contribution is 2.32. The Morgan fingerprint density at radius 2 is 2.11 bits per heavy atom. The fourth-order valence-corrected chi connectivity index (χ4v) is 3.41. The second-order valence-electron chi connectivity index (χ2n) is 5.32. The third-order valence-electron chi connectivity index (χ3n) is 3.67. The van der Waals surface area contributed by atoms with Gasteiger partial charge in [-0.25, -0.2) is 0 Å². The zero-order chi connectivity index (χ0) is 13.3. The van der Waals surface area contributed by atoms with E-state index in [2.05, 4.69) is 24.0 Å². The summed E-state index contributed by atoms with van der Waals surface area (Å²) in [6, 6.07) is 0. The van der Waals surface area contributed by atoms with Crippen LogP contribution in [-0.4, -0.2) is 33.6 Å². The second kappa shape index (κ2) is 5.81. The van der Waals surface area contributed by atoms with Crippen molar-refractivity contribution in [1.29, 1.82) is 0 Å². The number of nitrogens with zero attached hydrogens (tertiary/aromatic N) is 3. The van der Waals surface area contributed by atoms with Crippen LogP contribution in [0, 0.1) is 5.92 Å². The molecule has 1 saturated carbocycles. The summed E-state index contributed by atoms with van der Waals surface area (Å²) in [4.78, 5) is 2.32. The molecule has 18 heavy (non-hydrogen) atoms. The lowest BCUT2D eigenvalue weighted by molar-refractivity contribution is 0.201. The minimum atomic E-state index is 0.399. The molecule has 102 valence electrons. The first kappa shape index (κ1) is 14.2. The Kier molecular flexibility index (Phi) is 4.57. The molecule has 0 N–H and O–H groups in total. The van der Waals surface area contributed by atoms with E-state index in [-0.39, 0.29) is 0 Å². The number of hydrogen-bond donors (Lipinski definition) is 0. The minimum Gasteiger partial charge on any atom is -0.300 e. The summed E-state index contributed by atoms with van der Waals surface area (Å²) in [5, 5.41) is 5.67. The van der Waals surface area contributed by atoms with Crippen molar-refractivity contribution in [2.24, 2.45) is 13.0 Å². The molecular formula is C13H21Cl2N3. The predicted molar refractivity (Wildman–Crippen MR) is 76.3 cm³/mol. The van der Waals surface area contributed by atoms with Crippen molar-refractivity contribution in [2.45, 2.75) is 38.1 Å². The Morgan fingerprint density at radius 1 is 1.44 bits per heavy atom. The average Bonchev–Trinajstić information content (AvgIpc) is 2.54. The van der Waals surface area contributed by atoms with Crippen LogP contribution in [0.15, 0.2) is 0 Å². The summed E-state index contributed by atoms with van der Waals surface area (Å²) in [5.41, 5.74) is 2.10. The standard InChI is InChI=1S/C13H21Cl2N3/c1-4-11-13(15)12(18(3)16-11)8-17(2)7-9-5-10(14)6-9/h9-10H,4-8H2,1-3H3. The summed E-state index contributed by atoms with van der Waals surface area (Å²) in [5.74, 6) is 0.746. The van der Waals surface area contributed by atoms with Crippen LogP contribution in [-0.2, 0) is 20.0 Å². The molecule has 0 atom stereocenters. The van der Waals surface area contributed by atoms with Crippen LogP contribution in [0.1, 0.15) is 31.2 Å². The number of hydrogen-bond acceptors (Lipinski definition) is 2. The maximum atomic E-state index is 6.35. The molecule has 0 aromatic carbocycles. The lowest BCUT2D eigenvalue weighted by Gasteiger charge is -2.34. The van der Waals surface area contributed by atoms with E-state index in [1.54, 1.807) is 0 Å². The van der Waals surface area contributed by atoms with Crippen LogP contribution in [0.5, 0.6) is 0 Å². The predicted octanol–water partition coefficient (Wildman–Crippen LogP) is 3.09. The summed E-state index contributed by atoms with van der Waals surface area (Å²) in [7, 11) is 4.10. The summed E-state index contributed by atoms with van der Waals surface area (Å²) >= 11 is 12.4. The Balaban J connectivity index is 1.94. The normalized spacial score (nSPS) is 23.4. The van der Waals surface area contributed by atoms with Crippen LogP contribution in [0.25, 0.3) is 0 Å². The smallest absolute Gasteiger partial charge is 0.0863 e. The zero-order valence-corrected chi connectivity index (χ0v) is 12.8. The molecule has 5 heteroatoms. The highest BCUT2D eigenvalue weighted by atomic mass is 35.5. The second-order valence-corrected chi connectivity index (χ2v) is 6.31.